The molecule has 2 N–H and O–H groups in total. The second kappa shape index (κ2) is 5.91. The largest absolute Gasteiger partial charge is 0.311 e. The molecule has 0 bridgehead atoms. The summed E-state index contributed by atoms with van der Waals surface area (Å²) in [6, 6.07) is 0. The monoisotopic (exact) mass is 253 g/mol. The Bertz CT molecular complexity index is 342. The standard InChI is InChI=1S/C13H23N3S/c1-11-12(9-15-16-11)8-14-10-13(17-2)6-4-3-5-7-13/h9,14H,3-8,10H2,1-2H3,(H,15,16). The fraction of sp³-hybridized carbons (Fsp3) is 0.769. The lowest BCUT2D eigenvalue weighted by molar-refractivity contribution is 0.379. The van der Waals surface area contributed by atoms with E-state index >= 15 is 0 Å². The molecule has 96 valence electrons. The molecule has 0 aromatic carbocycles. The van der Waals surface area contributed by atoms with Gasteiger partial charge in [-0.3, -0.25) is 5.10 Å². The van der Waals surface area contributed by atoms with Gasteiger partial charge in [0.2, 0.25) is 0 Å². The van der Waals surface area contributed by atoms with Crippen LogP contribution in [-0.2, 0) is 6.54 Å². The minimum atomic E-state index is 0.482. The van der Waals surface area contributed by atoms with Crippen LogP contribution >= 0.6 is 11.8 Å². The number of aromatic nitrogens is 2. The third-order valence-corrected chi connectivity index (χ3v) is 5.31. The van der Waals surface area contributed by atoms with Gasteiger partial charge in [-0.15, -0.1) is 0 Å². The quantitative estimate of drug-likeness (QED) is 0.848. The first-order chi connectivity index (χ1) is 8.26. The maximum absolute atomic E-state index is 4.05. The zero-order valence-electron chi connectivity index (χ0n) is 10.9. The highest BCUT2D eigenvalue weighted by molar-refractivity contribution is 8.00. The van der Waals surface area contributed by atoms with Crippen LogP contribution in [0.4, 0.5) is 0 Å². The summed E-state index contributed by atoms with van der Waals surface area (Å²) in [5.41, 5.74) is 2.47. The number of H-pyrrole nitrogens is 1. The first-order valence-corrected chi connectivity index (χ1v) is 7.73. The second-order valence-electron chi connectivity index (χ2n) is 5.07. The molecule has 0 atom stereocenters. The molecule has 1 aliphatic carbocycles. The lowest BCUT2D eigenvalue weighted by atomic mass is 9.88. The SMILES string of the molecule is CSC1(CNCc2cn[nH]c2C)CCCCC1. The van der Waals surface area contributed by atoms with E-state index in [1.165, 1.54) is 43.4 Å². The Kier molecular flexibility index (Phi) is 4.51. The summed E-state index contributed by atoms with van der Waals surface area (Å²) >= 11 is 2.05. The minimum Gasteiger partial charge on any atom is -0.311 e. The summed E-state index contributed by atoms with van der Waals surface area (Å²) in [5.74, 6) is 0. The number of thioether (sulfide) groups is 1. The van der Waals surface area contributed by atoms with E-state index in [4.69, 9.17) is 0 Å². The highest BCUT2D eigenvalue weighted by atomic mass is 32.2. The molecular weight excluding hydrogens is 230 g/mol. The predicted octanol–water partition coefficient (Wildman–Crippen LogP) is 2.87. The Morgan fingerprint density at radius 1 is 1.41 bits per heavy atom. The summed E-state index contributed by atoms with van der Waals surface area (Å²) in [4.78, 5) is 0. The molecule has 17 heavy (non-hydrogen) atoms. The average molecular weight is 253 g/mol. The Morgan fingerprint density at radius 2 is 2.18 bits per heavy atom. The van der Waals surface area contributed by atoms with Crippen molar-refractivity contribution in [2.24, 2.45) is 0 Å². The van der Waals surface area contributed by atoms with Crippen molar-refractivity contribution in [3.05, 3.63) is 17.5 Å². The topological polar surface area (TPSA) is 40.7 Å². The fourth-order valence-electron chi connectivity index (χ4n) is 2.63. The molecule has 4 heteroatoms. The summed E-state index contributed by atoms with van der Waals surface area (Å²) in [6.45, 7) is 4.14. The van der Waals surface area contributed by atoms with Gasteiger partial charge < -0.3 is 5.32 Å². The molecule has 1 aromatic rings. The molecule has 0 unspecified atom stereocenters. The van der Waals surface area contributed by atoms with Gasteiger partial charge in [-0.05, 0) is 26.0 Å². The number of nitrogens with zero attached hydrogens (tertiary/aromatic N) is 1. The van der Waals surface area contributed by atoms with Crippen LogP contribution in [0, 0.1) is 6.92 Å². The van der Waals surface area contributed by atoms with Crippen LogP contribution in [0.25, 0.3) is 0 Å². The minimum absolute atomic E-state index is 0.482. The molecule has 1 aromatic heterocycles. The van der Waals surface area contributed by atoms with E-state index in [0.29, 0.717) is 4.75 Å². The highest BCUT2D eigenvalue weighted by Crippen LogP contribution is 2.37. The molecule has 1 saturated carbocycles. The molecule has 3 nitrogen and oxygen atoms in total. The van der Waals surface area contributed by atoms with Crippen LogP contribution in [0.5, 0.6) is 0 Å². The lowest BCUT2D eigenvalue weighted by Crippen LogP contribution is -2.39. The summed E-state index contributed by atoms with van der Waals surface area (Å²) < 4.78 is 0.482. The van der Waals surface area contributed by atoms with Crippen molar-refractivity contribution in [2.75, 3.05) is 12.8 Å². The number of nitrogens with one attached hydrogen (secondary N) is 2. The highest BCUT2D eigenvalue weighted by Gasteiger charge is 2.30. The summed E-state index contributed by atoms with van der Waals surface area (Å²) in [5, 5.41) is 10.6. The van der Waals surface area contributed by atoms with E-state index in [0.717, 1.165) is 13.1 Å². The molecule has 0 saturated heterocycles. The maximum Gasteiger partial charge on any atom is 0.0535 e. The zero-order chi connectivity index (χ0) is 12.1. The van der Waals surface area contributed by atoms with Crippen LogP contribution in [0.1, 0.15) is 43.4 Å². The predicted molar refractivity (Wildman–Crippen MR) is 74.4 cm³/mol. The normalized spacial score (nSPS) is 19.4. The summed E-state index contributed by atoms with van der Waals surface area (Å²) in [6.07, 6.45) is 11.1. The van der Waals surface area contributed by atoms with Crippen molar-refractivity contribution in [1.29, 1.82) is 0 Å². The fourth-order valence-corrected chi connectivity index (χ4v) is 3.57. The van der Waals surface area contributed by atoms with E-state index in [9.17, 15) is 0 Å². The van der Waals surface area contributed by atoms with Gasteiger partial charge in [0.15, 0.2) is 0 Å². The smallest absolute Gasteiger partial charge is 0.0535 e. The van der Waals surface area contributed by atoms with Crippen LogP contribution in [0.3, 0.4) is 0 Å². The molecule has 0 radical (unpaired) electrons. The molecule has 0 amide bonds. The second-order valence-corrected chi connectivity index (χ2v) is 6.35. The van der Waals surface area contributed by atoms with Gasteiger partial charge in [-0.2, -0.15) is 16.9 Å². The van der Waals surface area contributed by atoms with Gasteiger partial charge >= 0.3 is 0 Å². The Labute approximate surface area is 108 Å². The first kappa shape index (κ1) is 13.0. The first-order valence-electron chi connectivity index (χ1n) is 6.50. The van der Waals surface area contributed by atoms with Crippen LogP contribution in [0.15, 0.2) is 6.20 Å². The number of rotatable bonds is 5. The summed E-state index contributed by atoms with van der Waals surface area (Å²) in [7, 11) is 0. The van der Waals surface area contributed by atoms with Crippen molar-refractivity contribution in [3.8, 4) is 0 Å². The molecule has 1 aliphatic rings. The van der Waals surface area contributed by atoms with Crippen molar-refractivity contribution in [1.82, 2.24) is 15.5 Å². The van der Waals surface area contributed by atoms with E-state index in [1.54, 1.807) is 0 Å². The van der Waals surface area contributed by atoms with E-state index in [-0.39, 0.29) is 0 Å². The van der Waals surface area contributed by atoms with Gasteiger partial charge in [0.05, 0.1) is 6.20 Å². The van der Waals surface area contributed by atoms with Crippen molar-refractivity contribution in [3.63, 3.8) is 0 Å². The molecule has 2 rings (SSSR count). The average Bonchev–Trinajstić information content (AvgIpc) is 2.76. The van der Waals surface area contributed by atoms with Gasteiger partial charge in [0, 0.05) is 29.1 Å². The van der Waals surface area contributed by atoms with E-state index in [2.05, 4.69) is 28.7 Å². The van der Waals surface area contributed by atoms with Crippen LogP contribution in [-0.4, -0.2) is 27.7 Å². The molecule has 0 aliphatic heterocycles. The van der Waals surface area contributed by atoms with Crippen molar-refractivity contribution >= 4 is 11.8 Å². The Hall–Kier alpha value is -0.480. The van der Waals surface area contributed by atoms with E-state index in [1.807, 2.05) is 18.0 Å². The number of hydrogen-bond acceptors (Lipinski definition) is 3. The van der Waals surface area contributed by atoms with Gasteiger partial charge in [0.1, 0.15) is 0 Å². The van der Waals surface area contributed by atoms with Gasteiger partial charge in [-0.25, -0.2) is 0 Å². The Balaban J connectivity index is 1.82. The molecule has 1 heterocycles. The van der Waals surface area contributed by atoms with Crippen molar-refractivity contribution in [2.45, 2.75) is 50.3 Å². The number of aromatic amines is 1. The molecule has 1 fully saturated rings. The maximum atomic E-state index is 4.05. The molecular formula is C13H23N3S. The van der Waals surface area contributed by atoms with Gasteiger partial charge in [0.25, 0.3) is 0 Å². The van der Waals surface area contributed by atoms with Gasteiger partial charge in [-0.1, -0.05) is 19.3 Å². The number of hydrogen-bond donors (Lipinski definition) is 2. The number of aryl methyl sites for hydroxylation is 1. The molecule has 0 spiro atoms. The van der Waals surface area contributed by atoms with E-state index < -0.39 is 0 Å². The third-order valence-electron chi connectivity index (χ3n) is 3.89. The van der Waals surface area contributed by atoms with Crippen LogP contribution < -0.4 is 5.32 Å². The Morgan fingerprint density at radius 3 is 2.76 bits per heavy atom. The zero-order valence-corrected chi connectivity index (χ0v) is 11.7. The van der Waals surface area contributed by atoms with Crippen LogP contribution in [0.2, 0.25) is 0 Å². The third kappa shape index (κ3) is 3.26. The lowest BCUT2D eigenvalue weighted by Gasteiger charge is -2.36. The van der Waals surface area contributed by atoms with Crippen molar-refractivity contribution < 1.29 is 0 Å².